The van der Waals surface area contributed by atoms with Gasteiger partial charge in [-0.3, -0.25) is 14.4 Å². The van der Waals surface area contributed by atoms with Gasteiger partial charge in [-0.25, -0.2) is 0 Å². The Hall–Kier alpha value is -5.25. The van der Waals surface area contributed by atoms with Crippen LogP contribution in [0.3, 0.4) is 0 Å². The molecule has 0 aromatic heterocycles. The van der Waals surface area contributed by atoms with Gasteiger partial charge in [0.05, 0.1) is 46.2 Å². The highest BCUT2D eigenvalue weighted by Gasteiger charge is 2.36. The van der Waals surface area contributed by atoms with Crippen molar-refractivity contribution in [3.05, 3.63) is 87.6 Å². The van der Waals surface area contributed by atoms with Crippen molar-refractivity contribution in [2.75, 3.05) is 40.3 Å². The van der Waals surface area contributed by atoms with Crippen molar-refractivity contribution in [2.24, 2.45) is 5.92 Å². The van der Waals surface area contributed by atoms with Crippen molar-refractivity contribution in [2.45, 2.75) is 71.0 Å². The fourth-order valence-electron chi connectivity index (χ4n) is 8.02. The standard InChI is InChI=1S/C42H49N3O7/c1-24(2)21-34(42(48)45-20-10-13-35(45)28-16-19-37(49-4)29-12-9-8-11-27(28)29)44-33-18-15-30-31(23-36(33)47)32(43-25(3)46)17-14-26-22-38(50-5)40(51-6)41(52-7)39(26)30/h8-9,11-12,15-16,18-19,22-24,32,34-35H,10,13-14,17,20-21H2,1-7H3,(H,43,46)(H,44,47)/t32-,34-,35+/m0/s1. The zero-order valence-corrected chi connectivity index (χ0v) is 31.1. The molecule has 1 aliphatic heterocycles. The maximum atomic E-state index is 14.6. The quantitative estimate of drug-likeness (QED) is 0.168. The van der Waals surface area contributed by atoms with Crippen LogP contribution >= 0.6 is 0 Å². The third kappa shape index (κ3) is 6.98. The molecule has 4 aromatic carbocycles. The molecule has 3 atom stereocenters. The average molecular weight is 708 g/mol. The van der Waals surface area contributed by atoms with E-state index in [2.05, 4.69) is 36.6 Å². The Bertz CT molecular complexity index is 2050. The predicted molar refractivity (Wildman–Crippen MR) is 204 cm³/mol. The first-order valence-electron chi connectivity index (χ1n) is 18.0. The summed E-state index contributed by atoms with van der Waals surface area (Å²) in [6, 6.07) is 18.1. The SMILES string of the molecule is COc1cc2c(c(OC)c1OC)-c1ccc(N[C@@H](CC(C)C)C(=O)N3CCC[C@@H]3c3ccc(OC)c4ccccc34)c(=O)cc1[C@@H](NC(C)=O)CC2. The summed E-state index contributed by atoms with van der Waals surface area (Å²) in [5.74, 6) is 2.18. The summed E-state index contributed by atoms with van der Waals surface area (Å²) in [5, 5.41) is 8.54. The van der Waals surface area contributed by atoms with Crippen LogP contribution in [0.25, 0.3) is 21.9 Å². The largest absolute Gasteiger partial charge is 0.496 e. The van der Waals surface area contributed by atoms with E-state index in [0.717, 1.165) is 51.6 Å². The summed E-state index contributed by atoms with van der Waals surface area (Å²) in [5.41, 5.74) is 4.22. The van der Waals surface area contributed by atoms with Gasteiger partial charge < -0.3 is 34.5 Å². The Kier molecular flexibility index (Phi) is 10.9. The highest BCUT2D eigenvalue weighted by molar-refractivity contribution is 5.93. The summed E-state index contributed by atoms with van der Waals surface area (Å²) in [7, 11) is 6.38. The molecular weight excluding hydrogens is 658 g/mol. The van der Waals surface area contributed by atoms with Crippen LogP contribution in [0.15, 0.2) is 65.5 Å². The van der Waals surface area contributed by atoms with Crippen molar-refractivity contribution < 1.29 is 28.5 Å². The summed E-state index contributed by atoms with van der Waals surface area (Å²) in [6.07, 6.45) is 3.40. The Balaban J connectivity index is 1.42. The van der Waals surface area contributed by atoms with Gasteiger partial charge in [-0.2, -0.15) is 0 Å². The van der Waals surface area contributed by atoms with E-state index in [1.54, 1.807) is 40.6 Å². The number of ether oxygens (including phenoxy) is 4. The van der Waals surface area contributed by atoms with Crippen LogP contribution in [0, 0.1) is 5.92 Å². The van der Waals surface area contributed by atoms with Gasteiger partial charge in [-0.1, -0.05) is 50.2 Å². The number of benzene rings is 3. The predicted octanol–water partition coefficient (Wildman–Crippen LogP) is 7.22. The Labute approximate surface area is 305 Å². The molecule has 52 heavy (non-hydrogen) atoms. The molecule has 1 heterocycles. The van der Waals surface area contributed by atoms with Crippen molar-refractivity contribution in [3.8, 4) is 34.1 Å². The minimum atomic E-state index is -0.641. The molecule has 0 bridgehead atoms. The average Bonchev–Trinajstić information content (AvgIpc) is 3.51. The highest BCUT2D eigenvalue weighted by Crippen LogP contribution is 2.50. The number of aryl methyl sites for hydroxylation is 1. The number of amides is 2. The van der Waals surface area contributed by atoms with Crippen molar-refractivity contribution in [3.63, 3.8) is 0 Å². The molecule has 0 unspecified atom stereocenters. The minimum Gasteiger partial charge on any atom is -0.496 e. The first-order valence-corrected chi connectivity index (χ1v) is 18.0. The molecule has 0 saturated carbocycles. The zero-order chi connectivity index (χ0) is 37.1. The smallest absolute Gasteiger partial charge is 0.245 e. The van der Waals surface area contributed by atoms with Crippen LogP contribution in [0.5, 0.6) is 23.0 Å². The van der Waals surface area contributed by atoms with Gasteiger partial charge >= 0.3 is 0 Å². The van der Waals surface area contributed by atoms with Crippen LogP contribution in [0.4, 0.5) is 5.69 Å². The zero-order valence-electron chi connectivity index (χ0n) is 31.1. The van der Waals surface area contributed by atoms with E-state index in [4.69, 9.17) is 18.9 Å². The lowest BCUT2D eigenvalue weighted by molar-refractivity contribution is -0.133. The minimum absolute atomic E-state index is 0.0384. The van der Waals surface area contributed by atoms with Gasteiger partial charge in [0, 0.05) is 24.4 Å². The number of nitrogens with zero attached hydrogens (tertiary/aromatic N) is 1. The number of anilines is 1. The first kappa shape index (κ1) is 36.5. The van der Waals surface area contributed by atoms with Crippen LogP contribution in [-0.4, -0.2) is 57.7 Å². The number of likely N-dealkylation sites (tertiary alicyclic amines) is 1. The number of nitrogens with one attached hydrogen (secondary N) is 2. The number of hydrogen-bond acceptors (Lipinski definition) is 8. The number of carbonyl (C=O) groups is 2. The Morgan fingerprint density at radius 3 is 2.25 bits per heavy atom. The fourth-order valence-corrected chi connectivity index (χ4v) is 8.02. The lowest BCUT2D eigenvalue weighted by atomic mass is 9.95. The third-order valence-electron chi connectivity index (χ3n) is 10.3. The van der Waals surface area contributed by atoms with Crippen LogP contribution in [-0.2, 0) is 16.0 Å². The fraction of sp³-hybridized carbons (Fsp3) is 0.405. The van der Waals surface area contributed by atoms with Crippen LogP contribution < -0.4 is 35.0 Å². The molecule has 6 rings (SSSR count). The molecule has 274 valence electrons. The summed E-state index contributed by atoms with van der Waals surface area (Å²) < 4.78 is 23.0. The molecule has 10 heteroatoms. The van der Waals surface area contributed by atoms with E-state index >= 15 is 0 Å². The molecule has 2 aliphatic rings. The molecule has 0 radical (unpaired) electrons. The topological polar surface area (TPSA) is 115 Å². The second-order valence-electron chi connectivity index (χ2n) is 14.0. The molecule has 0 spiro atoms. The normalized spacial score (nSPS) is 17.1. The lowest BCUT2D eigenvalue weighted by Gasteiger charge is -2.31. The molecule has 1 saturated heterocycles. The number of rotatable bonds is 11. The highest BCUT2D eigenvalue weighted by atomic mass is 16.5. The van der Waals surface area contributed by atoms with E-state index < -0.39 is 12.1 Å². The molecule has 1 aliphatic carbocycles. The van der Waals surface area contributed by atoms with Crippen molar-refractivity contribution in [1.82, 2.24) is 10.2 Å². The van der Waals surface area contributed by atoms with E-state index in [0.29, 0.717) is 54.3 Å². The number of carbonyl (C=O) groups excluding carboxylic acids is 2. The summed E-state index contributed by atoms with van der Waals surface area (Å²) in [6.45, 7) is 6.26. The van der Waals surface area contributed by atoms with Gasteiger partial charge in [0.25, 0.3) is 0 Å². The van der Waals surface area contributed by atoms with Crippen LogP contribution in [0.1, 0.15) is 75.2 Å². The number of fused-ring (bicyclic) bond motifs is 4. The second kappa shape index (κ2) is 15.6. The number of hydrogen-bond donors (Lipinski definition) is 2. The molecule has 10 nitrogen and oxygen atoms in total. The molecule has 2 N–H and O–H groups in total. The van der Waals surface area contributed by atoms with E-state index in [1.165, 1.54) is 6.92 Å². The van der Waals surface area contributed by atoms with Gasteiger partial charge in [-0.05, 0) is 89.9 Å². The molecule has 1 fully saturated rings. The van der Waals surface area contributed by atoms with E-state index in [-0.39, 0.29) is 29.2 Å². The van der Waals surface area contributed by atoms with Crippen molar-refractivity contribution in [1.29, 1.82) is 0 Å². The Morgan fingerprint density at radius 2 is 1.58 bits per heavy atom. The van der Waals surface area contributed by atoms with Gasteiger partial charge in [0.2, 0.25) is 23.0 Å². The van der Waals surface area contributed by atoms with E-state index in [1.807, 2.05) is 41.3 Å². The molecule has 4 aromatic rings. The molecular formula is C42H49N3O7. The van der Waals surface area contributed by atoms with Gasteiger partial charge in [0.1, 0.15) is 11.8 Å². The maximum Gasteiger partial charge on any atom is 0.245 e. The van der Waals surface area contributed by atoms with Crippen LogP contribution in [0.2, 0.25) is 0 Å². The number of methoxy groups -OCH3 is 4. The van der Waals surface area contributed by atoms with Gasteiger partial charge in [-0.15, -0.1) is 0 Å². The third-order valence-corrected chi connectivity index (χ3v) is 10.3. The first-order chi connectivity index (χ1) is 25.1. The molecule has 2 amide bonds. The summed E-state index contributed by atoms with van der Waals surface area (Å²) in [4.78, 5) is 43.2. The maximum absolute atomic E-state index is 14.6. The van der Waals surface area contributed by atoms with E-state index in [9.17, 15) is 14.4 Å². The van der Waals surface area contributed by atoms with Crippen molar-refractivity contribution >= 4 is 28.3 Å². The monoisotopic (exact) mass is 707 g/mol. The second-order valence-corrected chi connectivity index (χ2v) is 14.0. The Morgan fingerprint density at radius 1 is 0.846 bits per heavy atom. The van der Waals surface area contributed by atoms with Gasteiger partial charge in [0.15, 0.2) is 11.5 Å². The lowest BCUT2D eigenvalue weighted by Crippen LogP contribution is -2.44. The summed E-state index contributed by atoms with van der Waals surface area (Å²) >= 11 is 0.